The van der Waals surface area contributed by atoms with Crippen LogP contribution in [-0.2, 0) is 0 Å². The van der Waals surface area contributed by atoms with Crippen LogP contribution in [0.3, 0.4) is 0 Å². The number of hydrogen-bond donors (Lipinski definition) is 0. The molecular weight excluding hydrogens is 132 g/mol. The quantitative estimate of drug-likeness (QED) is 0.530. The number of hydrogen-bond acceptors (Lipinski definition) is 0. The highest BCUT2D eigenvalue weighted by Crippen LogP contribution is 2.54. The number of rotatable bonds is 2. The van der Waals surface area contributed by atoms with E-state index in [0.717, 1.165) is 11.8 Å². The van der Waals surface area contributed by atoms with Crippen molar-refractivity contribution in [2.24, 2.45) is 17.3 Å². The first-order valence-corrected chi connectivity index (χ1v) is 4.65. The van der Waals surface area contributed by atoms with Crippen LogP contribution in [0.25, 0.3) is 0 Å². The summed E-state index contributed by atoms with van der Waals surface area (Å²) in [7, 11) is 0. The molecule has 0 bridgehead atoms. The fourth-order valence-electron chi connectivity index (χ4n) is 2.36. The zero-order valence-electron chi connectivity index (χ0n) is 8.28. The fraction of sp³-hybridized carbons (Fsp3) is 0.818. The first-order chi connectivity index (χ1) is 4.99. The van der Waals surface area contributed by atoms with E-state index >= 15 is 0 Å². The van der Waals surface area contributed by atoms with Gasteiger partial charge in [-0.2, -0.15) is 0 Å². The molecule has 1 aliphatic rings. The van der Waals surface area contributed by atoms with Crippen LogP contribution in [0, 0.1) is 17.3 Å². The van der Waals surface area contributed by atoms with Crippen molar-refractivity contribution >= 4 is 0 Å². The van der Waals surface area contributed by atoms with Gasteiger partial charge in [0.25, 0.3) is 0 Å². The molecule has 0 aromatic heterocycles. The van der Waals surface area contributed by atoms with Crippen molar-refractivity contribution in [3.05, 3.63) is 12.2 Å². The highest BCUT2D eigenvalue weighted by molar-refractivity contribution is 5.16. The molecule has 0 aromatic rings. The molecule has 0 nitrogen and oxygen atoms in total. The zero-order valence-corrected chi connectivity index (χ0v) is 8.28. The molecule has 1 fully saturated rings. The van der Waals surface area contributed by atoms with Gasteiger partial charge >= 0.3 is 0 Å². The SMILES string of the molecule is C=C1CC(C(C)C)(C(C)C)C1. The maximum absolute atomic E-state index is 4.02. The van der Waals surface area contributed by atoms with Crippen LogP contribution >= 0.6 is 0 Å². The third kappa shape index (κ3) is 1.23. The Kier molecular flexibility index (Phi) is 2.13. The van der Waals surface area contributed by atoms with E-state index in [4.69, 9.17) is 0 Å². The predicted octanol–water partition coefficient (Wildman–Crippen LogP) is 3.63. The summed E-state index contributed by atoms with van der Waals surface area (Å²) in [4.78, 5) is 0. The molecule has 0 spiro atoms. The molecule has 0 aromatic carbocycles. The minimum atomic E-state index is 0.594. The summed E-state index contributed by atoms with van der Waals surface area (Å²) in [5, 5.41) is 0. The molecule has 1 saturated carbocycles. The van der Waals surface area contributed by atoms with Crippen LogP contribution in [0.4, 0.5) is 0 Å². The fourth-order valence-corrected chi connectivity index (χ4v) is 2.36. The molecule has 1 rings (SSSR count). The Bertz CT molecular complexity index is 145. The summed E-state index contributed by atoms with van der Waals surface area (Å²) in [5.41, 5.74) is 2.05. The van der Waals surface area contributed by atoms with Gasteiger partial charge in [0.1, 0.15) is 0 Å². The normalized spacial score (nSPS) is 22.5. The van der Waals surface area contributed by atoms with Crippen LogP contribution in [-0.4, -0.2) is 0 Å². The van der Waals surface area contributed by atoms with Gasteiger partial charge in [-0.15, -0.1) is 0 Å². The predicted molar refractivity (Wildman–Crippen MR) is 50.5 cm³/mol. The van der Waals surface area contributed by atoms with Gasteiger partial charge in [0, 0.05) is 0 Å². The van der Waals surface area contributed by atoms with Crippen LogP contribution < -0.4 is 0 Å². The smallest absolute Gasteiger partial charge is 0.0177 e. The standard InChI is InChI=1S/C11H20/c1-8(2)11(9(3)4)6-10(5)7-11/h8-9H,5-7H2,1-4H3. The van der Waals surface area contributed by atoms with Gasteiger partial charge in [0.15, 0.2) is 0 Å². The summed E-state index contributed by atoms with van der Waals surface area (Å²) >= 11 is 0. The average molecular weight is 152 g/mol. The van der Waals surface area contributed by atoms with Crippen molar-refractivity contribution in [3.8, 4) is 0 Å². The molecule has 0 unspecified atom stereocenters. The molecule has 0 N–H and O–H groups in total. The highest BCUT2D eigenvalue weighted by atomic mass is 14.5. The molecule has 0 amide bonds. The van der Waals surface area contributed by atoms with Crippen molar-refractivity contribution in [1.29, 1.82) is 0 Å². The lowest BCUT2D eigenvalue weighted by atomic mass is 9.54. The lowest BCUT2D eigenvalue weighted by Gasteiger charge is -2.50. The van der Waals surface area contributed by atoms with E-state index in [1.165, 1.54) is 18.4 Å². The summed E-state index contributed by atoms with van der Waals surface area (Å²) in [6, 6.07) is 0. The zero-order chi connectivity index (χ0) is 8.65. The average Bonchev–Trinajstić information content (AvgIpc) is 1.78. The summed E-state index contributed by atoms with van der Waals surface area (Å²) < 4.78 is 0. The molecule has 0 heterocycles. The summed E-state index contributed by atoms with van der Waals surface area (Å²) in [6.45, 7) is 13.4. The maximum atomic E-state index is 4.02. The molecule has 0 heteroatoms. The van der Waals surface area contributed by atoms with Crippen molar-refractivity contribution < 1.29 is 0 Å². The summed E-state index contributed by atoms with van der Waals surface area (Å²) in [6.07, 6.45) is 2.53. The Morgan fingerprint density at radius 2 is 1.45 bits per heavy atom. The van der Waals surface area contributed by atoms with E-state index in [9.17, 15) is 0 Å². The van der Waals surface area contributed by atoms with Crippen LogP contribution in [0.1, 0.15) is 40.5 Å². The van der Waals surface area contributed by atoms with Crippen LogP contribution in [0.15, 0.2) is 12.2 Å². The largest absolute Gasteiger partial charge is 0.0998 e. The van der Waals surface area contributed by atoms with Gasteiger partial charge in [-0.05, 0) is 30.1 Å². The first-order valence-electron chi connectivity index (χ1n) is 4.65. The molecule has 1 aliphatic carbocycles. The third-order valence-electron chi connectivity index (χ3n) is 3.46. The molecule has 64 valence electrons. The summed E-state index contributed by atoms with van der Waals surface area (Å²) in [5.74, 6) is 1.63. The van der Waals surface area contributed by atoms with E-state index in [-0.39, 0.29) is 0 Å². The molecule has 11 heavy (non-hydrogen) atoms. The van der Waals surface area contributed by atoms with Crippen molar-refractivity contribution in [2.45, 2.75) is 40.5 Å². The van der Waals surface area contributed by atoms with E-state index in [1.54, 1.807) is 0 Å². The van der Waals surface area contributed by atoms with E-state index < -0.39 is 0 Å². The Morgan fingerprint density at radius 3 is 1.55 bits per heavy atom. The monoisotopic (exact) mass is 152 g/mol. The van der Waals surface area contributed by atoms with Gasteiger partial charge in [-0.25, -0.2) is 0 Å². The molecule has 0 radical (unpaired) electrons. The second-order valence-corrected chi connectivity index (χ2v) is 4.65. The molecular formula is C11H20. The van der Waals surface area contributed by atoms with Gasteiger partial charge in [-0.1, -0.05) is 39.8 Å². The maximum Gasteiger partial charge on any atom is -0.0177 e. The molecule has 0 aliphatic heterocycles. The lowest BCUT2D eigenvalue weighted by molar-refractivity contribution is 0.0609. The third-order valence-corrected chi connectivity index (χ3v) is 3.46. The topological polar surface area (TPSA) is 0 Å². The lowest BCUT2D eigenvalue weighted by Crippen LogP contribution is -2.40. The van der Waals surface area contributed by atoms with Gasteiger partial charge in [-0.3, -0.25) is 0 Å². The second-order valence-electron chi connectivity index (χ2n) is 4.65. The Hall–Kier alpha value is -0.260. The number of allylic oxidation sites excluding steroid dienone is 1. The minimum absolute atomic E-state index is 0.594. The van der Waals surface area contributed by atoms with E-state index in [1.807, 2.05) is 0 Å². The van der Waals surface area contributed by atoms with Gasteiger partial charge < -0.3 is 0 Å². The van der Waals surface area contributed by atoms with Crippen molar-refractivity contribution in [1.82, 2.24) is 0 Å². The van der Waals surface area contributed by atoms with Crippen LogP contribution in [0.2, 0.25) is 0 Å². The first kappa shape index (κ1) is 8.83. The van der Waals surface area contributed by atoms with Gasteiger partial charge in [0.2, 0.25) is 0 Å². The molecule has 0 atom stereocenters. The van der Waals surface area contributed by atoms with Crippen LogP contribution in [0.5, 0.6) is 0 Å². The van der Waals surface area contributed by atoms with Crippen molar-refractivity contribution in [3.63, 3.8) is 0 Å². The van der Waals surface area contributed by atoms with E-state index in [2.05, 4.69) is 34.3 Å². The molecule has 0 saturated heterocycles. The Balaban J connectivity index is 2.68. The highest BCUT2D eigenvalue weighted by Gasteiger charge is 2.44. The minimum Gasteiger partial charge on any atom is -0.0998 e. The van der Waals surface area contributed by atoms with Crippen molar-refractivity contribution in [2.75, 3.05) is 0 Å². The van der Waals surface area contributed by atoms with Gasteiger partial charge in [0.05, 0.1) is 0 Å². The van der Waals surface area contributed by atoms with E-state index in [0.29, 0.717) is 5.41 Å². The Labute approximate surface area is 70.7 Å². The second kappa shape index (κ2) is 2.66. The Morgan fingerprint density at radius 1 is 1.09 bits per heavy atom.